The van der Waals surface area contributed by atoms with Crippen molar-refractivity contribution in [3.05, 3.63) is 40.4 Å². The number of aromatic nitrogens is 2. The first-order valence-corrected chi connectivity index (χ1v) is 9.41. The van der Waals surface area contributed by atoms with Crippen molar-refractivity contribution in [2.45, 2.75) is 31.7 Å². The average Bonchev–Trinajstić information content (AvgIpc) is 3.51. The van der Waals surface area contributed by atoms with Crippen LogP contribution in [0.3, 0.4) is 0 Å². The molecule has 27 heavy (non-hydrogen) atoms. The van der Waals surface area contributed by atoms with E-state index >= 15 is 0 Å². The molecule has 1 saturated carbocycles. The second-order valence-corrected chi connectivity index (χ2v) is 6.82. The topological polar surface area (TPSA) is 73.7 Å². The van der Waals surface area contributed by atoms with Crippen molar-refractivity contribution in [1.82, 2.24) is 14.5 Å². The van der Waals surface area contributed by atoms with Gasteiger partial charge >= 0.3 is 0 Å². The van der Waals surface area contributed by atoms with Crippen molar-refractivity contribution in [2.75, 3.05) is 40.5 Å². The van der Waals surface area contributed by atoms with Gasteiger partial charge in [-0.25, -0.2) is 4.98 Å². The maximum atomic E-state index is 12.9. The molecule has 2 aromatic rings. The van der Waals surface area contributed by atoms with Crippen molar-refractivity contribution in [2.24, 2.45) is 0 Å². The van der Waals surface area contributed by atoms with Crippen LogP contribution in [0.4, 0.5) is 0 Å². The SMILES string of the molecule is COCCN(CCOC)C(=O)CCc1nc2ccccc2c(=O)n1C1CC1. The molecule has 0 atom stereocenters. The molecule has 1 aromatic carbocycles. The molecular weight excluding hydrogens is 346 g/mol. The fourth-order valence-electron chi connectivity index (χ4n) is 3.22. The first-order chi connectivity index (χ1) is 13.2. The van der Waals surface area contributed by atoms with E-state index in [0.717, 1.165) is 12.8 Å². The van der Waals surface area contributed by atoms with Gasteiger partial charge in [0.2, 0.25) is 5.91 Å². The molecule has 0 bridgehead atoms. The highest BCUT2D eigenvalue weighted by Gasteiger charge is 2.28. The van der Waals surface area contributed by atoms with Gasteiger partial charge in [0, 0.05) is 46.2 Å². The smallest absolute Gasteiger partial charge is 0.261 e. The summed E-state index contributed by atoms with van der Waals surface area (Å²) in [6, 6.07) is 7.62. The lowest BCUT2D eigenvalue weighted by molar-refractivity contribution is -0.132. The fraction of sp³-hybridized carbons (Fsp3) is 0.550. The Hall–Kier alpha value is -2.25. The van der Waals surface area contributed by atoms with Gasteiger partial charge in [0.25, 0.3) is 5.56 Å². The molecule has 1 aromatic heterocycles. The number of ether oxygens (including phenoxy) is 2. The molecule has 1 aliphatic rings. The average molecular weight is 373 g/mol. The number of fused-ring (bicyclic) bond motifs is 1. The van der Waals surface area contributed by atoms with Crippen LogP contribution >= 0.6 is 0 Å². The van der Waals surface area contributed by atoms with Crippen molar-refractivity contribution in [3.8, 4) is 0 Å². The molecule has 7 heteroatoms. The summed E-state index contributed by atoms with van der Waals surface area (Å²) < 4.78 is 12.0. The van der Waals surface area contributed by atoms with E-state index in [1.54, 1.807) is 23.7 Å². The Labute approximate surface area is 158 Å². The Morgan fingerprint density at radius 2 is 1.85 bits per heavy atom. The summed E-state index contributed by atoms with van der Waals surface area (Å²) in [6.45, 7) is 2.02. The number of methoxy groups -OCH3 is 2. The van der Waals surface area contributed by atoms with Gasteiger partial charge in [-0.1, -0.05) is 12.1 Å². The summed E-state index contributed by atoms with van der Waals surface area (Å²) in [4.78, 5) is 32.0. The predicted octanol–water partition coefficient (Wildman–Crippen LogP) is 1.79. The maximum absolute atomic E-state index is 12.9. The first-order valence-electron chi connectivity index (χ1n) is 9.41. The zero-order valence-electron chi connectivity index (χ0n) is 16.0. The standard InChI is InChI=1S/C20H27N3O4/c1-26-13-11-22(12-14-27-2)19(24)10-9-18-21-17-6-4-3-5-16(17)20(25)23(18)15-7-8-15/h3-6,15H,7-14H2,1-2H3. The number of hydrogen-bond acceptors (Lipinski definition) is 5. The monoisotopic (exact) mass is 373 g/mol. The number of para-hydroxylation sites is 1. The lowest BCUT2D eigenvalue weighted by atomic mass is 10.2. The highest BCUT2D eigenvalue weighted by molar-refractivity contribution is 5.78. The van der Waals surface area contributed by atoms with Gasteiger partial charge in [-0.3, -0.25) is 14.2 Å². The second-order valence-electron chi connectivity index (χ2n) is 6.82. The molecule has 0 aliphatic heterocycles. The van der Waals surface area contributed by atoms with E-state index in [0.29, 0.717) is 55.9 Å². The molecule has 0 saturated heterocycles. The molecule has 7 nitrogen and oxygen atoms in total. The lowest BCUT2D eigenvalue weighted by Gasteiger charge is -2.22. The third-order valence-electron chi connectivity index (χ3n) is 4.84. The van der Waals surface area contributed by atoms with Crippen LogP contribution in [-0.2, 0) is 20.7 Å². The van der Waals surface area contributed by atoms with Gasteiger partial charge in [-0.15, -0.1) is 0 Å². The van der Waals surface area contributed by atoms with E-state index in [1.165, 1.54) is 0 Å². The van der Waals surface area contributed by atoms with Crippen LogP contribution in [0.25, 0.3) is 10.9 Å². The van der Waals surface area contributed by atoms with Crippen molar-refractivity contribution < 1.29 is 14.3 Å². The molecular formula is C20H27N3O4. The van der Waals surface area contributed by atoms with Gasteiger partial charge in [-0.05, 0) is 25.0 Å². The summed E-state index contributed by atoms with van der Waals surface area (Å²) in [6.07, 6.45) is 2.75. The van der Waals surface area contributed by atoms with Crippen molar-refractivity contribution in [3.63, 3.8) is 0 Å². The number of carbonyl (C=O) groups excluding carboxylic acids is 1. The number of aryl methyl sites for hydroxylation is 1. The molecule has 1 amide bonds. The van der Waals surface area contributed by atoms with Gasteiger partial charge < -0.3 is 14.4 Å². The maximum Gasteiger partial charge on any atom is 0.261 e. The van der Waals surface area contributed by atoms with Gasteiger partial charge in [0.15, 0.2) is 0 Å². The van der Waals surface area contributed by atoms with E-state index < -0.39 is 0 Å². The third kappa shape index (κ3) is 4.73. The minimum absolute atomic E-state index is 0.00108. The molecule has 0 N–H and O–H groups in total. The summed E-state index contributed by atoms with van der Waals surface area (Å²) in [5, 5.41) is 0.640. The van der Waals surface area contributed by atoms with Crippen LogP contribution in [0.1, 0.15) is 31.1 Å². The quantitative estimate of drug-likeness (QED) is 0.635. The van der Waals surface area contributed by atoms with Crippen LogP contribution in [0, 0.1) is 0 Å². The van der Waals surface area contributed by atoms with E-state index in [-0.39, 0.29) is 17.5 Å². The molecule has 1 aliphatic carbocycles. The Balaban J connectivity index is 1.78. The minimum atomic E-state index is 0.00108. The Morgan fingerprint density at radius 3 is 2.48 bits per heavy atom. The molecule has 3 rings (SSSR count). The van der Waals surface area contributed by atoms with E-state index in [4.69, 9.17) is 14.5 Å². The molecule has 146 valence electrons. The summed E-state index contributed by atoms with van der Waals surface area (Å²) >= 11 is 0. The summed E-state index contributed by atoms with van der Waals surface area (Å²) in [5.41, 5.74) is 0.693. The van der Waals surface area contributed by atoms with E-state index in [9.17, 15) is 9.59 Å². The van der Waals surface area contributed by atoms with E-state index in [2.05, 4.69) is 0 Å². The zero-order chi connectivity index (χ0) is 19.2. The molecule has 1 heterocycles. The zero-order valence-corrected chi connectivity index (χ0v) is 16.0. The molecule has 0 spiro atoms. The Kier molecular flexibility index (Phi) is 6.58. The van der Waals surface area contributed by atoms with Crippen LogP contribution in [-0.4, -0.2) is 60.9 Å². The third-order valence-corrected chi connectivity index (χ3v) is 4.84. The fourth-order valence-corrected chi connectivity index (χ4v) is 3.22. The van der Waals surface area contributed by atoms with Crippen LogP contribution in [0.15, 0.2) is 29.1 Å². The molecule has 1 fully saturated rings. The predicted molar refractivity (Wildman–Crippen MR) is 103 cm³/mol. The highest BCUT2D eigenvalue weighted by atomic mass is 16.5. The second kappa shape index (κ2) is 9.10. The normalized spacial score (nSPS) is 13.9. The first kappa shape index (κ1) is 19.5. The number of hydrogen-bond donors (Lipinski definition) is 0. The largest absolute Gasteiger partial charge is 0.383 e. The van der Waals surface area contributed by atoms with Crippen LogP contribution < -0.4 is 5.56 Å². The van der Waals surface area contributed by atoms with Gasteiger partial charge in [0.05, 0.1) is 24.1 Å². The number of benzene rings is 1. The van der Waals surface area contributed by atoms with E-state index in [1.807, 2.05) is 24.3 Å². The molecule has 0 radical (unpaired) electrons. The number of nitrogens with zero attached hydrogens (tertiary/aromatic N) is 3. The summed E-state index contributed by atoms with van der Waals surface area (Å²) in [7, 11) is 3.23. The Morgan fingerprint density at radius 1 is 1.19 bits per heavy atom. The van der Waals surface area contributed by atoms with Crippen molar-refractivity contribution in [1.29, 1.82) is 0 Å². The summed E-state index contributed by atoms with van der Waals surface area (Å²) in [5.74, 6) is 0.724. The minimum Gasteiger partial charge on any atom is -0.383 e. The van der Waals surface area contributed by atoms with Gasteiger partial charge in [-0.2, -0.15) is 0 Å². The number of carbonyl (C=O) groups is 1. The lowest BCUT2D eigenvalue weighted by Crippen LogP contribution is -2.37. The highest BCUT2D eigenvalue weighted by Crippen LogP contribution is 2.34. The number of rotatable bonds is 10. The van der Waals surface area contributed by atoms with Crippen molar-refractivity contribution >= 4 is 16.8 Å². The molecule has 0 unspecified atom stereocenters. The van der Waals surface area contributed by atoms with Crippen LogP contribution in [0.2, 0.25) is 0 Å². The Bertz CT molecular complexity index is 837. The van der Waals surface area contributed by atoms with Gasteiger partial charge in [0.1, 0.15) is 5.82 Å². The van der Waals surface area contributed by atoms with Crippen LogP contribution in [0.5, 0.6) is 0 Å². The number of amides is 1.